The first kappa shape index (κ1) is 55.2. The van der Waals surface area contributed by atoms with Crippen molar-refractivity contribution in [3.63, 3.8) is 0 Å². The quantitative estimate of drug-likeness (QED) is 0.0231. The molecule has 0 fully saturated rings. The summed E-state index contributed by atoms with van der Waals surface area (Å²) >= 11 is 0. The largest absolute Gasteiger partial charge is 0.480 e. The highest BCUT2D eigenvalue weighted by molar-refractivity contribution is 7.47. The molecule has 1 unspecified atom stereocenters. The van der Waals surface area contributed by atoms with Gasteiger partial charge in [-0.1, -0.05) is 152 Å². The lowest BCUT2D eigenvalue weighted by atomic mass is 10.1. The maximum absolute atomic E-state index is 12.6. The number of rotatable bonds is 41. The first-order valence-corrected chi connectivity index (χ1v) is 23.8. The van der Waals surface area contributed by atoms with Crippen LogP contribution in [0, 0.1) is 0 Å². The van der Waals surface area contributed by atoms with Gasteiger partial charge in [0.25, 0.3) is 0 Å². The first-order chi connectivity index (χ1) is 28.1. The Kier molecular flexibility index (Phi) is 38.9. The number of carbonyl (C=O) groups is 3. The van der Waals surface area contributed by atoms with Gasteiger partial charge < -0.3 is 25.2 Å². The van der Waals surface area contributed by atoms with Gasteiger partial charge in [0.15, 0.2) is 6.10 Å². The summed E-state index contributed by atoms with van der Waals surface area (Å²) in [5.74, 6) is -2.48. The lowest BCUT2D eigenvalue weighted by Crippen LogP contribution is -2.34. The van der Waals surface area contributed by atoms with E-state index in [9.17, 15) is 23.8 Å². The average Bonchev–Trinajstić information content (AvgIpc) is 3.20. The summed E-state index contributed by atoms with van der Waals surface area (Å²) in [6.07, 6.45) is 47.3. The van der Waals surface area contributed by atoms with Crippen LogP contribution in [0.1, 0.15) is 181 Å². The van der Waals surface area contributed by atoms with Crippen molar-refractivity contribution < 1.29 is 47.5 Å². The minimum Gasteiger partial charge on any atom is -0.480 e. The fraction of sp³-hybridized carbons (Fsp3) is 0.717. The van der Waals surface area contributed by atoms with E-state index in [4.69, 9.17) is 24.8 Å². The predicted octanol–water partition coefficient (Wildman–Crippen LogP) is 12.0. The number of carbonyl (C=O) groups excluding carboxylic acids is 2. The highest BCUT2D eigenvalue weighted by Crippen LogP contribution is 2.43. The zero-order valence-electron chi connectivity index (χ0n) is 36.1. The van der Waals surface area contributed by atoms with Crippen molar-refractivity contribution in [1.82, 2.24) is 0 Å². The molecule has 0 aliphatic heterocycles. The Labute approximate surface area is 351 Å². The molecule has 4 N–H and O–H groups in total. The fourth-order valence-corrected chi connectivity index (χ4v) is 6.48. The number of carboxylic acids is 1. The highest BCUT2D eigenvalue weighted by atomic mass is 31.2. The SMILES string of the molecule is CCCCCCCC/C=C/CCCCCC(=O)OC[C@@H](COP(=O)(O)OC[C@H](N)C(=O)O)OC(=O)CCC/C=C/C/C=C/C/C=C/C/C=C/CCCCCCCCC. The first-order valence-electron chi connectivity index (χ1n) is 22.3. The standard InChI is InChI=1S/C46H80NO10P/c1-3-5-7-9-11-13-15-17-18-19-20-21-22-23-24-26-28-30-32-34-36-38-45(49)57-42(40-55-58(52,53)56-41-43(47)46(50)51)39-54-44(48)37-35-33-31-29-27-25-16-14-12-10-8-6-4-2/h18-19,21-22,24-27,30,32,42-43H,3-17,20,23,28-29,31,33-41,47H2,1-2H3,(H,50,51)(H,52,53)/b19-18+,22-21+,26-24+,27-25+,32-30+/t42-,43-/m0/s1. The van der Waals surface area contributed by atoms with Gasteiger partial charge in [-0.3, -0.25) is 23.4 Å². The van der Waals surface area contributed by atoms with Crippen molar-refractivity contribution in [1.29, 1.82) is 0 Å². The number of ether oxygens (including phenoxy) is 2. The van der Waals surface area contributed by atoms with Crippen LogP contribution in [0.15, 0.2) is 60.8 Å². The van der Waals surface area contributed by atoms with Crippen LogP contribution in [0.2, 0.25) is 0 Å². The van der Waals surface area contributed by atoms with Gasteiger partial charge in [-0.25, -0.2) is 4.57 Å². The molecule has 0 saturated carbocycles. The Balaban J connectivity index is 4.47. The number of carboxylic acid groups (broad SMARTS) is 1. The van der Waals surface area contributed by atoms with Gasteiger partial charge in [-0.2, -0.15) is 0 Å². The molecule has 11 nitrogen and oxygen atoms in total. The summed E-state index contributed by atoms with van der Waals surface area (Å²) in [6.45, 7) is 2.71. The molecule has 0 aromatic heterocycles. The van der Waals surface area contributed by atoms with Gasteiger partial charge in [-0.05, 0) is 77.0 Å². The van der Waals surface area contributed by atoms with Crippen LogP contribution < -0.4 is 5.73 Å². The minimum absolute atomic E-state index is 0.0804. The van der Waals surface area contributed by atoms with Gasteiger partial charge in [0.2, 0.25) is 0 Å². The molecule has 334 valence electrons. The molecule has 58 heavy (non-hydrogen) atoms. The molecule has 0 amide bonds. The van der Waals surface area contributed by atoms with Gasteiger partial charge in [0.1, 0.15) is 12.6 Å². The van der Waals surface area contributed by atoms with Gasteiger partial charge >= 0.3 is 25.7 Å². The molecule has 0 aliphatic rings. The van der Waals surface area contributed by atoms with Crippen LogP contribution in [0.4, 0.5) is 0 Å². The van der Waals surface area contributed by atoms with Crippen LogP contribution in [0.25, 0.3) is 0 Å². The molecule has 0 aromatic carbocycles. The normalized spacial score (nSPS) is 14.3. The van der Waals surface area contributed by atoms with Crippen molar-refractivity contribution in [2.75, 3.05) is 19.8 Å². The van der Waals surface area contributed by atoms with Crippen molar-refractivity contribution in [2.45, 2.75) is 193 Å². The third-order valence-corrected chi connectivity index (χ3v) is 10.2. The van der Waals surface area contributed by atoms with E-state index in [1.165, 1.54) is 89.9 Å². The second-order valence-electron chi connectivity index (χ2n) is 14.8. The fourth-order valence-electron chi connectivity index (χ4n) is 5.70. The summed E-state index contributed by atoms with van der Waals surface area (Å²) in [6, 6.07) is -1.53. The van der Waals surface area contributed by atoms with Gasteiger partial charge in [-0.15, -0.1) is 0 Å². The van der Waals surface area contributed by atoms with E-state index in [1.54, 1.807) is 0 Å². The Morgan fingerprint density at radius 1 is 0.534 bits per heavy atom. The van der Waals surface area contributed by atoms with E-state index in [0.29, 0.717) is 19.3 Å². The average molecular weight is 838 g/mol. The zero-order valence-corrected chi connectivity index (χ0v) is 37.0. The third kappa shape index (κ3) is 40.0. The molecular weight excluding hydrogens is 757 g/mol. The number of hydrogen-bond acceptors (Lipinski definition) is 9. The smallest absolute Gasteiger partial charge is 0.472 e. The Morgan fingerprint density at radius 3 is 1.43 bits per heavy atom. The van der Waals surface area contributed by atoms with E-state index in [1.807, 2.05) is 12.2 Å². The number of nitrogens with two attached hydrogens (primary N) is 1. The summed E-state index contributed by atoms with van der Waals surface area (Å²) in [7, 11) is -4.74. The molecule has 3 atom stereocenters. The van der Waals surface area contributed by atoms with E-state index >= 15 is 0 Å². The molecule has 12 heteroatoms. The van der Waals surface area contributed by atoms with E-state index < -0.39 is 51.1 Å². The summed E-state index contributed by atoms with van der Waals surface area (Å²) in [4.78, 5) is 45.9. The molecule has 0 saturated heterocycles. The topological polar surface area (TPSA) is 172 Å². The van der Waals surface area contributed by atoms with Crippen LogP contribution in [-0.4, -0.2) is 59.9 Å². The Hall–Kier alpha value is -2.82. The van der Waals surface area contributed by atoms with Gasteiger partial charge in [0, 0.05) is 12.8 Å². The number of phosphoric acid groups is 1. The summed E-state index contributed by atoms with van der Waals surface area (Å²) in [5, 5.41) is 8.89. The van der Waals surface area contributed by atoms with Crippen molar-refractivity contribution in [3.8, 4) is 0 Å². The molecule has 0 radical (unpaired) electrons. The van der Waals surface area contributed by atoms with Crippen LogP contribution in [-0.2, 0) is 37.5 Å². The number of phosphoric ester groups is 1. The number of unbranched alkanes of at least 4 members (excludes halogenated alkanes) is 17. The molecule has 0 spiro atoms. The second kappa shape index (κ2) is 40.9. The van der Waals surface area contributed by atoms with Crippen LogP contribution in [0.5, 0.6) is 0 Å². The number of esters is 2. The van der Waals surface area contributed by atoms with Crippen LogP contribution >= 0.6 is 7.82 Å². The second-order valence-corrected chi connectivity index (χ2v) is 16.3. The molecule has 0 bridgehead atoms. The predicted molar refractivity (Wildman–Crippen MR) is 235 cm³/mol. The van der Waals surface area contributed by atoms with E-state index in [2.05, 4.69) is 67.0 Å². The third-order valence-electron chi connectivity index (χ3n) is 9.24. The monoisotopic (exact) mass is 838 g/mol. The number of hydrogen-bond donors (Lipinski definition) is 3. The molecule has 0 heterocycles. The lowest BCUT2D eigenvalue weighted by molar-refractivity contribution is -0.161. The van der Waals surface area contributed by atoms with Crippen molar-refractivity contribution >= 4 is 25.7 Å². The highest BCUT2D eigenvalue weighted by Gasteiger charge is 2.28. The number of allylic oxidation sites excluding steroid dienone is 10. The minimum atomic E-state index is -4.74. The molecular formula is C46H80NO10P. The van der Waals surface area contributed by atoms with Crippen molar-refractivity contribution in [2.24, 2.45) is 5.73 Å². The van der Waals surface area contributed by atoms with Gasteiger partial charge in [0.05, 0.1) is 13.2 Å². The zero-order chi connectivity index (χ0) is 42.8. The molecule has 0 aromatic rings. The summed E-state index contributed by atoms with van der Waals surface area (Å²) < 4.78 is 32.6. The summed E-state index contributed by atoms with van der Waals surface area (Å²) in [5.41, 5.74) is 5.33. The van der Waals surface area contributed by atoms with Crippen LogP contribution in [0.3, 0.4) is 0 Å². The Morgan fingerprint density at radius 2 is 0.931 bits per heavy atom. The Bertz CT molecular complexity index is 1210. The maximum atomic E-state index is 12.6. The van der Waals surface area contributed by atoms with E-state index in [-0.39, 0.29) is 19.4 Å². The molecule has 0 aliphatic carbocycles. The maximum Gasteiger partial charge on any atom is 0.472 e. The number of aliphatic carboxylic acids is 1. The van der Waals surface area contributed by atoms with E-state index in [0.717, 1.165) is 44.9 Å². The molecule has 0 rings (SSSR count). The lowest BCUT2D eigenvalue weighted by Gasteiger charge is -2.20. The van der Waals surface area contributed by atoms with Crippen molar-refractivity contribution in [3.05, 3.63) is 60.8 Å².